The highest BCUT2D eigenvalue weighted by atomic mass is 32.2. The lowest BCUT2D eigenvalue weighted by Crippen LogP contribution is -2.40. The molecule has 9 heteroatoms. The second-order valence-electron chi connectivity index (χ2n) is 5.72. The number of benzene rings is 1. The highest BCUT2D eigenvalue weighted by Gasteiger charge is 2.34. The van der Waals surface area contributed by atoms with Crippen LogP contribution in [0, 0.1) is 5.82 Å². The van der Waals surface area contributed by atoms with Crippen molar-refractivity contribution in [2.45, 2.75) is 37.4 Å². The van der Waals surface area contributed by atoms with E-state index in [0.717, 1.165) is 6.07 Å². The van der Waals surface area contributed by atoms with E-state index in [9.17, 15) is 12.8 Å². The fourth-order valence-corrected chi connectivity index (χ4v) is 4.63. The van der Waals surface area contributed by atoms with Gasteiger partial charge in [0.15, 0.2) is 5.82 Å². The van der Waals surface area contributed by atoms with E-state index in [1.54, 1.807) is 14.0 Å². The maximum Gasteiger partial charge on any atom is 0.246 e. The van der Waals surface area contributed by atoms with Gasteiger partial charge in [0, 0.05) is 32.7 Å². The molecule has 0 bridgehead atoms. The molecule has 0 spiro atoms. The molecule has 0 amide bonds. The summed E-state index contributed by atoms with van der Waals surface area (Å²) < 4.78 is 48.0. The fourth-order valence-electron chi connectivity index (χ4n) is 2.94. The Morgan fingerprint density at radius 2 is 2.04 bits per heavy atom. The van der Waals surface area contributed by atoms with Gasteiger partial charge in [0.05, 0.1) is 0 Å². The van der Waals surface area contributed by atoms with Crippen LogP contribution in [0.5, 0.6) is 0 Å². The van der Waals surface area contributed by atoms with Crippen LogP contribution >= 0.6 is 0 Å². The Labute approximate surface area is 140 Å². The summed E-state index contributed by atoms with van der Waals surface area (Å²) in [7, 11) is -2.36. The molecule has 1 atom stereocenters. The van der Waals surface area contributed by atoms with Crippen LogP contribution in [-0.4, -0.2) is 47.2 Å². The van der Waals surface area contributed by atoms with E-state index >= 15 is 0 Å². The van der Waals surface area contributed by atoms with Gasteiger partial charge in [-0.3, -0.25) is 0 Å². The molecule has 7 nitrogen and oxygen atoms in total. The van der Waals surface area contributed by atoms with Gasteiger partial charge in [-0.15, -0.1) is 10.2 Å². The summed E-state index contributed by atoms with van der Waals surface area (Å²) in [5.74, 6) is 0.624. The number of hydrogen-bond acceptors (Lipinski definition) is 5. The molecule has 0 radical (unpaired) electrons. The van der Waals surface area contributed by atoms with Gasteiger partial charge in [-0.1, -0.05) is 12.1 Å². The zero-order chi connectivity index (χ0) is 17.3. The molecule has 1 aromatic carbocycles. The Bertz CT molecular complexity index is 837. The standard InChI is InChI=1S/C15H19FN4O3S/c1-11-9-14-17-18-15(10-23-2)19(14)7-8-20(11)24(21,22)13-6-4-3-5-12(13)16/h3-6,11H,7-10H2,1-2H3/t11-/m0/s1. The maximum atomic E-state index is 14.0. The molecule has 2 heterocycles. The quantitative estimate of drug-likeness (QED) is 0.824. The average molecular weight is 354 g/mol. The monoisotopic (exact) mass is 354 g/mol. The molecule has 0 saturated heterocycles. The highest BCUT2D eigenvalue weighted by molar-refractivity contribution is 7.89. The number of fused-ring (bicyclic) bond motifs is 1. The molecule has 0 unspecified atom stereocenters. The number of aromatic nitrogens is 3. The van der Waals surface area contributed by atoms with Crippen molar-refractivity contribution in [2.75, 3.05) is 13.7 Å². The first-order valence-electron chi connectivity index (χ1n) is 7.61. The second-order valence-corrected chi connectivity index (χ2v) is 7.58. The van der Waals surface area contributed by atoms with Crippen LogP contribution in [0.25, 0.3) is 0 Å². The molecule has 2 aromatic rings. The summed E-state index contributed by atoms with van der Waals surface area (Å²) in [5.41, 5.74) is 0. The largest absolute Gasteiger partial charge is 0.377 e. The molecule has 0 saturated carbocycles. The topological polar surface area (TPSA) is 77.3 Å². The second kappa shape index (κ2) is 6.58. The average Bonchev–Trinajstić information content (AvgIpc) is 2.81. The summed E-state index contributed by atoms with van der Waals surface area (Å²) >= 11 is 0. The first-order chi connectivity index (χ1) is 11.4. The van der Waals surface area contributed by atoms with E-state index < -0.39 is 15.8 Å². The van der Waals surface area contributed by atoms with Crippen LogP contribution < -0.4 is 0 Å². The third-order valence-corrected chi connectivity index (χ3v) is 6.16. The molecule has 3 rings (SSSR count). The lowest BCUT2D eigenvalue weighted by atomic mass is 10.2. The van der Waals surface area contributed by atoms with Crippen molar-refractivity contribution in [3.63, 3.8) is 0 Å². The van der Waals surface area contributed by atoms with Crippen molar-refractivity contribution < 1.29 is 17.5 Å². The molecule has 1 aliphatic heterocycles. The van der Waals surface area contributed by atoms with E-state index in [-0.39, 0.29) is 17.5 Å². The van der Waals surface area contributed by atoms with Gasteiger partial charge in [0.1, 0.15) is 23.1 Å². The smallest absolute Gasteiger partial charge is 0.246 e. The van der Waals surface area contributed by atoms with Gasteiger partial charge in [-0.2, -0.15) is 4.31 Å². The van der Waals surface area contributed by atoms with Crippen molar-refractivity contribution in [1.29, 1.82) is 0 Å². The number of rotatable bonds is 4. The number of halogens is 1. The van der Waals surface area contributed by atoms with Crippen molar-refractivity contribution in [3.8, 4) is 0 Å². The minimum Gasteiger partial charge on any atom is -0.377 e. The summed E-state index contributed by atoms with van der Waals surface area (Å²) in [6.45, 7) is 2.72. The minimum atomic E-state index is -3.92. The van der Waals surface area contributed by atoms with Crippen LogP contribution in [0.3, 0.4) is 0 Å². The number of ether oxygens (including phenoxy) is 1. The van der Waals surface area contributed by atoms with E-state index in [1.807, 2.05) is 4.57 Å². The molecular formula is C15H19FN4O3S. The van der Waals surface area contributed by atoms with Crippen molar-refractivity contribution >= 4 is 10.0 Å². The minimum absolute atomic E-state index is 0.222. The van der Waals surface area contributed by atoms with E-state index in [0.29, 0.717) is 31.2 Å². The SMILES string of the molecule is COCc1nnc2n1CCN(S(=O)(=O)c1ccccc1F)[C@@H](C)C2. The van der Waals surface area contributed by atoms with Crippen LogP contribution in [0.2, 0.25) is 0 Å². The summed E-state index contributed by atoms with van der Waals surface area (Å²) in [4.78, 5) is -0.299. The van der Waals surface area contributed by atoms with Crippen LogP contribution in [0.4, 0.5) is 4.39 Å². The molecule has 0 aliphatic carbocycles. The Morgan fingerprint density at radius 3 is 2.75 bits per heavy atom. The van der Waals surface area contributed by atoms with E-state index in [4.69, 9.17) is 4.74 Å². The molecule has 1 aromatic heterocycles. The summed E-state index contributed by atoms with van der Waals surface area (Å²) in [6, 6.07) is 5.08. The van der Waals surface area contributed by atoms with Gasteiger partial charge in [0.2, 0.25) is 10.0 Å². The molecule has 24 heavy (non-hydrogen) atoms. The number of nitrogens with zero attached hydrogens (tertiary/aromatic N) is 4. The van der Waals surface area contributed by atoms with Gasteiger partial charge in [-0.25, -0.2) is 12.8 Å². The van der Waals surface area contributed by atoms with E-state index in [1.165, 1.54) is 22.5 Å². The summed E-state index contributed by atoms with van der Waals surface area (Å²) in [6.07, 6.45) is 0.407. The molecule has 130 valence electrons. The molecule has 1 aliphatic rings. The third-order valence-electron chi connectivity index (χ3n) is 4.11. The Kier molecular flexibility index (Phi) is 4.66. The van der Waals surface area contributed by atoms with E-state index in [2.05, 4.69) is 10.2 Å². The molecule has 0 fully saturated rings. The highest BCUT2D eigenvalue weighted by Crippen LogP contribution is 2.24. The zero-order valence-corrected chi connectivity index (χ0v) is 14.3. The zero-order valence-electron chi connectivity index (χ0n) is 13.5. The van der Waals surface area contributed by atoms with Gasteiger partial charge in [-0.05, 0) is 19.1 Å². The van der Waals surface area contributed by atoms with Crippen molar-refractivity contribution in [2.24, 2.45) is 0 Å². The Balaban J connectivity index is 1.93. The van der Waals surface area contributed by atoms with Gasteiger partial charge < -0.3 is 9.30 Å². The number of sulfonamides is 1. The summed E-state index contributed by atoms with van der Waals surface area (Å²) in [5, 5.41) is 8.21. The Hall–Kier alpha value is -1.84. The molecule has 0 N–H and O–H groups in total. The van der Waals surface area contributed by atoms with Crippen molar-refractivity contribution in [3.05, 3.63) is 41.7 Å². The lowest BCUT2D eigenvalue weighted by molar-refractivity contribution is 0.173. The lowest BCUT2D eigenvalue weighted by Gasteiger charge is -2.25. The van der Waals surface area contributed by atoms with Gasteiger partial charge >= 0.3 is 0 Å². The van der Waals surface area contributed by atoms with Crippen LogP contribution in [0.15, 0.2) is 29.2 Å². The normalized spacial score (nSPS) is 19.0. The first-order valence-corrected chi connectivity index (χ1v) is 9.05. The number of methoxy groups -OCH3 is 1. The molecular weight excluding hydrogens is 335 g/mol. The predicted molar refractivity (Wildman–Crippen MR) is 84.2 cm³/mol. The predicted octanol–water partition coefficient (Wildman–Crippen LogP) is 1.20. The van der Waals surface area contributed by atoms with Gasteiger partial charge in [0.25, 0.3) is 0 Å². The Morgan fingerprint density at radius 1 is 1.29 bits per heavy atom. The van der Waals surface area contributed by atoms with Crippen LogP contribution in [0.1, 0.15) is 18.6 Å². The third kappa shape index (κ3) is 2.94. The van der Waals surface area contributed by atoms with Crippen molar-refractivity contribution in [1.82, 2.24) is 19.1 Å². The fraction of sp³-hybridized carbons (Fsp3) is 0.467. The first kappa shape index (κ1) is 17.0. The maximum absolute atomic E-state index is 14.0. The van der Waals surface area contributed by atoms with Crippen LogP contribution in [-0.2, 0) is 34.3 Å². The number of hydrogen-bond donors (Lipinski definition) is 0.